The fourth-order valence-electron chi connectivity index (χ4n) is 8.55. The highest BCUT2D eigenvalue weighted by molar-refractivity contribution is 5.90. The molecule has 1 heterocycles. The fraction of sp³-hybridized carbons (Fsp3) is 0.756. The Kier molecular flexibility index (Phi) is 21.0. The lowest BCUT2D eigenvalue weighted by Crippen LogP contribution is -2.60. The van der Waals surface area contributed by atoms with Crippen LogP contribution in [0, 0.1) is 35.5 Å². The Hall–Kier alpha value is -3.39. The molecule has 1 aromatic rings. The monoisotopic (exact) mass is 816 g/mol. The maximum atomic E-state index is 14.5. The van der Waals surface area contributed by atoms with Crippen molar-refractivity contribution in [2.45, 2.75) is 143 Å². The number of amides is 3. The van der Waals surface area contributed by atoms with Gasteiger partial charge in [-0.1, -0.05) is 99.1 Å². The third-order valence-corrected chi connectivity index (χ3v) is 12.4. The molecule has 0 aromatic heterocycles. The number of hydrogen-bond donors (Lipinski definition) is 3. The third-order valence-electron chi connectivity index (χ3n) is 12.4. The highest BCUT2D eigenvalue weighted by Crippen LogP contribution is 2.31. The molecular formula is C45H77N5O8. The largest absolute Gasteiger partial charge is 0.481 e. The van der Waals surface area contributed by atoms with Gasteiger partial charge in [0.2, 0.25) is 17.7 Å². The van der Waals surface area contributed by atoms with Gasteiger partial charge in [-0.05, 0) is 55.5 Å². The van der Waals surface area contributed by atoms with Crippen LogP contribution in [0.25, 0.3) is 0 Å². The first-order valence-electron chi connectivity index (χ1n) is 21.4. The van der Waals surface area contributed by atoms with Crippen LogP contribution in [0.5, 0.6) is 0 Å². The van der Waals surface area contributed by atoms with Crippen molar-refractivity contribution in [3.05, 3.63) is 35.9 Å². The number of hydrogen-bond acceptors (Lipinski definition) is 9. The molecule has 1 aliphatic heterocycles. The number of ether oxygens (including phenoxy) is 2. The summed E-state index contributed by atoms with van der Waals surface area (Å²) in [5.74, 6) is -3.52. The minimum absolute atomic E-state index is 0.00835. The van der Waals surface area contributed by atoms with Gasteiger partial charge < -0.3 is 35.4 Å². The quantitative estimate of drug-likeness (QED) is 0.124. The molecule has 0 aliphatic carbocycles. The van der Waals surface area contributed by atoms with E-state index in [0.29, 0.717) is 25.9 Å². The molecule has 4 N–H and O–H groups in total. The molecule has 0 unspecified atom stereocenters. The zero-order valence-corrected chi connectivity index (χ0v) is 37.8. The number of nitrogens with one attached hydrogen (secondary N) is 1. The van der Waals surface area contributed by atoms with Gasteiger partial charge in [-0.3, -0.25) is 28.9 Å². The molecule has 1 fully saturated rings. The third kappa shape index (κ3) is 13.8. The smallest absolute Gasteiger partial charge is 0.307 e. The van der Waals surface area contributed by atoms with E-state index in [1.54, 1.807) is 30.9 Å². The summed E-state index contributed by atoms with van der Waals surface area (Å²) in [6.07, 6.45) is 0.850. The first-order chi connectivity index (χ1) is 27.2. The molecule has 0 spiro atoms. The number of likely N-dealkylation sites (N-methyl/N-ethyl adjacent to an activating group) is 2. The lowest BCUT2D eigenvalue weighted by molar-refractivity contribution is -0.148. The van der Waals surface area contributed by atoms with Gasteiger partial charge in [0.1, 0.15) is 11.8 Å². The van der Waals surface area contributed by atoms with Crippen molar-refractivity contribution in [1.29, 1.82) is 0 Å². The average Bonchev–Trinajstić information content (AvgIpc) is 3.65. The van der Waals surface area contributed by atoms with Crippen LogP contribution in [0.1, 0.15) is 100.0 Å². The van der Waals surface area contributed by atoms with Gasteiger partial charge in [0.25, 0.3) is 0 Å². The van der Waals surface area contributed by atoms with Gasteiger partial charge in [0, 0.05) is 52.7 Å². The number of aliphatic carboxylic acids is 1. The molecule has 0 bridgehead atoms. The summed E-state index contributed by atoms with van der Waals surface area (Å²) in [6.45, 7) is 18.7. The van der Waals surface area contributed by atoms with E-state index in [0.717, 1.165) is 12.0 Å². The van der Waals surface area contributed by atoms with Crippen molar-refractivity contribution in [1.82, 2.24) is 20.0 Å². The van der Waals surface area contributed by atoms with E-state index in [2.05, 4.69) is 19.2 Å². The van der Waals surface area contributed by atoms with Crippen LogP contribution < -0.4 is 11.1 Å². The lowest BCUT2D eigenvalue weighted by Gasteiger charge is -2.41. The number of benzene rings is 1. The van der Waals surface area contributed by atoms with Gasteiger partial charge in [0.15, 0.2) is 0 Å². The van der Waals surface area contributed by atoms with Gasteiger partial charge >= 0.3 is 5.97 Å². The van der Waals surface area contributed by atoms with E-state index in [9.17, 15) is 29.1 Å². The fourth-order valence-corrected chi connectivity index (χ4v) is 8.55. The van der Waals surface area contributed by atoms with Crippen LogP contribution in [0.3, 0.4) is 0 Å². The first-order valence-corrected chi connectivity index (χ1v) is 21.4. The summed E-state index contributed by atoms with van der Waals surface area (Å²) in [7, 11) is 6.69. The summed E-state index contributed by atoms with van der Waals surface area (Å²) in [5, 5.41) is 13.1. The van der Waals surface area contributed by atoms with Crippen LogP contribution in [-0.2, 0) is 39.9 Å². The minimum atomic E-state index is -1.03. The highest BCUT2D eigenvalue weighted by atomic mass is 16.5. The van der Waals surface area contributed by atoms with Crippen LogP contribution in [-0.4, -0.2) is 133 Å². The first kappa shape index (κ1) is 50.8. The number of ketones is 1. The zero-order chi connectivity index (χ0) is 44.0. The molecule has 1 aromatic carbocycles. The summed E-state index contributed by atoms with van der Waals surface area (Å²) < 4.78 is 12.0. The molecule has 1 aliphatic rings. The molecule has 10 atom stereocenters. The number of Topliss-reactive ketones (excluding diaryl/α,β-unsaturated/α-hetero) is 1. The molecule has 0 radical (unpaired) electrons. The topological polar surface area (TPSA) is 172 Å². The predicted molar refractivity (Wildman–Crippen MR) is 228 cm³/mol. The SMILES string of the molecule is CC[C@H](C)[C@@H]([C@@H](CC(=O)N1CCC[C@H]1[C@H](OC)[C@@H](C)C(=O)C[C@@H](Cc1ccccc1)C(=O)O)OC)N(C)C(=O)[C@@H](NC(=O)[C@H](C(C)C)N(C)C[C@H](N)C(C)C)C(C)C. The zero-order valence-electron chi connectivity index (χ0n) is 37.8. The number of likely N-dealkylation sites (tertiary alicyclic amines) is 1. The second-order valence-corrected chi connectivity index (χ2v) is 17.8. The summed E-state index contributed by atoms with van der Waals surface area (Å²) >= 11 is 0. The van der Waals surface area contributed by atoms with E-state index in [1.165, 1.54) is 7.11 Å². The number of nitrogens with zero attached hydrogens (tertiary/aromatic N) is 3. The van der Waals surface area contributed by atoms with Crippen molar-refractivity contribution < 1.29 is 38.6 Å². The van der Waals surface area contributed by atoms with Crippen molar-refractivity contribution in [3.63, 3.8) is 0 Å². The number of carboxylic acids is 1. The Morgan fingerprint density at radius 1 is 0.914 bits per heavy atom. The normalized spacial score (nSPS) is 19.3. The van der Waals surface area contributed by atoms with E-state index in [-0.39, 0.29) is 72.5 Å². The number of methoxy groups -OCH3 is 2. The molecule has 1 saturated heterocycles. The summed E-state index contributed by atoms with van der Waals surface area (Å²) in [6, 6.07) is 6.95. The van der Waals surface area contributed by atoms with Crippen LogP contribution in [0.4, 0.5) is 0 Å². The summed E-state index contributed by atoms with van der Waals surface area (Å²) in [4.78, 5) is 73.9. The number of nitrogens with two attached hydrogens (primary N) is 1. The lowest BCUT2D eigenvalue weighted by atomic mass is 9.85. The van der Waals surface area contributed by atoms with E-state index in [4.69, 9.17) is 15.2 Å². The molecule has 0 saturated carbocycles. The van der Waals surface area contributed by atoms with Crippen LogP contribution >= 0.6 is 0 Å². The second kappa shape index (κ2) is 24.0. The van der Waals surface area contributed by atoms with Gasteiger partial charge in [-0.25, -0.2) is 0 Å². The molecule has 58 heavy (non-hydrogen) atoms. The van der Waals surface area contributed by atoms with Crippen molar-refractivity contribution in [2.75, 3.05) is 41.4 Å². The van der Waals surface area contributed by atoms with Crippen LogP contribution in [0.15, 0.2) is 30.3 Å². The minimum Gasteiger partial charge on any atom is -0.481 e. The maximum Gasteiger partial charge on any atom is 0.307 e. The molecule has 13 heteroatoms. The number of rotatable bonds is 25. The Balaban J connectivity index is 2.29. The molecule has 13 nitrogen and oxygen atoms in total. The average molecular weight is 816 g/mol. The predicted octanol–water partition coefficient (Wildman–Crippen LogP) is 4.89. The molecule has 330 valence electrons. The maximum absolute atomic E-state index is 14.5. The van der Waals surface area contributed by atoms with E-state index >= 15 is 0 Å². The van der Waals surface area contributed by atoms with E-state index in [1.807, 2.05) is 83.8 Å². The number of carboxylic acid groups (broad SMARTS) is 1. The highest BCUT2D eigenvalue weighted by Gasteiger charge is 2.43. The Labute approximate surface area is 349 Å². The number of carbonyl (C=O) groups excluding carboxylic acids is 4. The van der Waals surface area contributed by atoms with Crippen molar-refractivity contribution in [2.24, 2.45) is 41.2 Å². The second-order valence-electron chi connectivity index (χ2n) is 17.8. The van der Waals surface area contributed by atoms with Gasteiger partial charge in [-0.15, -0.1) is 0 Å². The van der Waals surface area contributed by atoms with E-state index < -0.39 is 54.2 Å². The van der Waals surface area contributed by atoms with Gasteiger partial charge in [0.05, 0.1) is 42.7 Å². The molecular weight excluding hydrogens is 739 g/mol. The van der Waals surface area contributed by atoms with Crippen molar-refractivity contribution in [3.8, 4) is 0 Å². The molecule has 2 rings (SSSR count). The van der Waals surface area contributed by atoms with Gasteiger partial charge in [-0.2, -0.15) is 0 Å². The summed E-state index contributed by atoms with van der Waals surface area (Å²) in [5.41, 5.74) is 7.22. The Morgan fingerprint density at radius 2 is 1.53 bits per heavy atom. The van der Waals surface area contributed by atoms with Crippen molar-refractivity contribution >= 4 is 29.5 Å². The molecule has 3 amide bonds. The number of carbonyl (C=O) groups is 5. The Morgan fingerprint density at radius 3 is 2.03 bits per heavy atom. The van der Waals surface area contributed by atoms with Crippen LogP contribution in [0.2, 0.25) is 0 Å². The standard InChI is InChI=1S/C45H77N5O8/c1-14-30(8)41(49(11)44(54)39(28(4)5)47-43(53)40(29(6)7)48(10)26-34(46)27(2)3)37(57-12)25-38(52)50-22-18-21-35(50)42(58-13)31(9)36(51)24-33(45(55)56)23-32-19-16-15-17-20-32/h15-17,19-20,27-31,33-35,37,39-42H,14,18,21-26,46H2,1-13H3,(H,47,53)(H,55,56)/t30-,31-,33+,34-,35-,37+,39-,40-,41-,42+/m0/s1. The Bertz CT molecular complexity index is 1460.